The van der Waals surface area contributed by atoms with E-state index >= 15 is 0 Å². The summed E-state index contributed by atoms with van der Waals surface area (Å²) in [5.41, 5.74) is 2.95. The number of carbonyl (C=O) groups excluding carboxylic acids is 1. The molecule has 3 heteroatoms. The van der Waals surface area contributed by atoms with Gasteiger partial charge in [-0.3, -0.25) is 0 Å². The van der Waals surface area contributed by atoms with Crippen molar-refractivity contribution in [3.05, 3.63) is 84.4 Å². The van der Waals surface area contributed by atoms with E-state index < -0.39 is 5.97 Å². The summed E-state index contributed by atoms with van der Waals surface area (Å²) in [7, 11) is 0. The van der Waals surface area contributed by atoms with E-state index in [1.54, 1.807) is 6.07 Å². The van der Waals surface area contributed by atoms with Crippen LogP contribution in [0.5, 0.6) is 11.5 Å². The quantitative estimate of drug-likeness (QED) is 0.476. The lowest BCUT2D eigenvalue weighted by molar-refractivity contribution is -0.136. The topological polar surface area (TPSA) is 35.5 Å². The standard InChI is InChI=1S/C22H20O3/c1-2-17-10-6-8-14-20(17)24-16-22(23)25-21-15-9-7-13-19(21)18-11-4-3-5-12-18/h3-15H,2,16H2,1H3. The second kappa shape index (κ2) is 8.15. The highest BCUT2D eigenvalue weighted by Gasteiger charge is 2.12. The molecular weight excluding hydrogens is 312 g/mol. The van der Waals surface area contributed by atoms with E-state index in [9.17, 15) is 4.79 Å². The smallest absolute Gasteiger partial charge is 0.349 e. The Hall–Kier alpha value is -3.07. The Bertz CT molecular complexity index is 841. The predicted molar refractivity (Wildman–Crippen MR) is 98.8 cm³/mol. The molecule has 0 N–H and O–H groups in total. The van der Waals surface area contributed by atoms with Crippen LogP contribution in [0, 0.1) is 0 Å². The van der Waals surface area contributed by atoms with E-state index in [1.165, 1.54) is 0 Å². The molecule has 3 aromatic rings. The number of aryl methyl sites for hydroxylation is 1. The molecular formula is C22H20O3. The minimum atomic E-state index is -0.422. The Morgan fingerprint density at radius 3 is 2.20 bits per heavy atom. The van der Waals surface area contributed by atoms with Gasteiger partial charge in [0, 0.05) is 5.56 Å². The molecule has 0 aliphatic carbocycles. The average Bonchev–Trinajstić information content (AvgIpc) is 2.67. The molecule has 0 spiro atoms. The fourth-order valence-corrected chi connectivity index (χ4v) is 2.64. The van der Waals surface area contributed by atoms with Gasteiger partial charge >= 0.3 is 5.97 Å². The highest BCUT2D eigenvalue weighted by molar-refractivity contribution is 5.78. The van der Waals surface area contributed by atoms with Crippen LogP contribution in [-0.2, 0) is 11.2 Å². The Kier molecular flexibility index (Phi) is 5.47. The first-order valence-corrected chi connectivity index (χ1v) is 8.33. The molecule has 0 aromatic heterocycles. The van der Waals surface area contributed by atoms with Crippen LogP contribution < -0.4 is 9.47 Å². The lowest BCUT2D eigenvalue weighted by Gasteiger charge is -2.12. The van der Waals surface area contributed by atoms with Crippen LogP contribution in [0.15, 0.2) is 78.9 Å². The summed E-state index contributed by atoms with van der Waals surface area (Å²) >= 11 is 0. The number of esters is 1. The summed E-state index contributed by atoms with van der Waals surface area (Å²) in [4.78, 5) is 12.2. The molecule has 0 fully saturated rings. The number of carbonyl (C=O) groups is 1. The van der Waals surface area contributed by atoms with E-state index in [0.717, 1.165) is 28.9 Å². The molecule has 0 saturated carbocycles. The van der Waals surface area contributed by atoms with Crippen molar-refractivity contribution in [2.45, 2.75) is 13.3 Å². The van der Waals surface area contributed by atoms with E-state index in [2.05, 4.69) is 6.92 Å². The predicted octanol–water partition coefficient (Wildman–Crippen LogP) is 4.90. The molecule has 0 saturated heterocycles. The van der Waals surface area contributed by atoms with Gasteiger partial charge in [0.2, 0.25) is 0 Å². The minimum Gasteiger partial charge on any atom is -0.482 e. The number of hydrogen-bond donors (Lipinski definition) is 0. The van der Waals surface area contributed by atoms with Gasteiger partial charge in [-0.1, -0.05) is 73.7 Å². The Morgan fingerprint density at radius 1 is 0.800 bits per heavy atom. The van der Waals surface area contributed by atoms with Crippen LogP contribution in [0.4, 0.5) is 0 Å². The van der Waals surface area contributed by atoms with Crippen molar-refractivity contribution in [2.24, 2.45) is 0 Å². The van der Waals surface area contributed by atoms with Gasteiger partial charge in [0.25, 0.3) is 0 Å². The van der Waals surface area contributed by atoms with Gasteiger partial charge in [-0.25, -0.2) is 4.79 Å². The zero-order chi connectivity index (χ0) is 17.5. The van der Waals surface area contributed by atoms with Crippen molar-refractivity contribution < 1.29 is 14.3 Å². The highest BCUT2D eigenvalue weighted by Crippen LogP contribution is 2.29. The van der Waals surface area contributed by atoms with Crippen LogP contribution in [0.1, 0.15) is 12.5 Å². The van der Waals surface area contributed by atoms with Gasteiger partial charge < -0.3 is 9.47 Å². The highest BCUT2D eigenvalue weighted by atomic mass is 16.6. The Morgan fingerprint density at radius 2 is 1.44 bits per heavy atom. The molecule has 3 nitrogen and oxygen atoms in total. The number of para-hydroxylation sites is 2. The van der Waals surface area contributed by atoms with E-state index in [-0.39, 0.29) is 6.61 Å². The summed E-state index contributed by atoms with van der Waals surface area (Å²) in [5, 5.41) is 0. The third-order valence-corrected chi connectivity index (χ3v) is 3.89. The summed E-state index contributed by atoms with van der Waals surface area (Å²) in [5.74, 6) is 0.832. The van der Waals surface area contributed by atoms with Crippen molar-refractivity contribution >= 4 is 5.97 Å². The average molecular weight is 332 g/mol. The molecule has 0 radical (unpaired) electrons. The van der Waals surface area contributed by atoms with Crippen LogP contribution >= 0.6 is 0 Å². The molecule has 3 rings (SSSR count). The first kappa shape index (κ1) is 16.8. The van der Waals surface area contributed by atoms with Crippen LogP contribution in [0.25, 0.3) is 11.1 Å². The largest absolute Gasteiger partial charge is 0.482 e. The molecule has 0 bridgehead atoms. The fraction of sp³-hybridized carbons (Fsp3) is 0.136. The van der Waals surface area contributed by atoms with Crippen molar-refractivity contribution in [1.29, 1.82) is 0 Å². The normalized spacial score (nSPS) is 10.3. The molecule has 0 aliphatic heterocycles. The second-order valence-corrected chi connectivity index (χ2v) is 5.59. The van der Waals surface area contributed by atoms with Crippen molar-refractivity contribution in [2.75, 3.05) is 6.61 Å². The van der Waals surface area contributed by atoms with Crippen molar-refractivity contribution in [3.8, 4) is 22.6 Å². The lowest BCUT2D eigenvalue weighted by atomic mass is 10.1. The van der Waals surface area contributed by atoms with Crippen molar-refractivity contribution in [1.82, 2.24) is 0 Å². The summed E-state index contributed by atoms with van der Waals surface area (Å²) in [6, 6.07) is 25.1. The van der Waals surface area contributed by atoms with E-state index in [4.69, 9.17) is 9.47 Å². The number of hydrogen-bond acceptors (Lipinski definition) is 3. The van der Waals surface area contributed by atoms with Gasteiger partial charge in [0.05, 0.1) is 0 Å². The summed E-state index contributed by atoms with van der Waals surface area (Å²) in [6.07, 6.45) is 0.849. The zero-order valence-corrected chi connectivity index (χ0v) is 14.1. The molecule has 0 aliphatic rings. The Labute approximate surface area is 147 Å². The maximum absolute atomic E-state index is 12.2. The van der Waals surface area contributed by atoms with Crippen LogP contribution in [0.2, 0.25) is 0 Å². The monoisotopic (exact) mass is 332 g/mol. The van der Waals surface area contributed by atoms with E-state index in [0.29, 0.717) is 5.75 Å². The molecule has 0 amide bonds. The molecule has 0 atom stereocenters. The molecule has 126 valence electrons. The van der Waals surface area contributed by atoms with Gasteiger partial charge in [-0.05, 0) is 29.7 Å². The first-order chi connectivity index (χ1) is 12.3. The minimum absolute atomic E-state index is 0.125. The maximum Gasteiger partial charge on any atom is 0.349 e. The number of rotatable bonds is 6. The van der Waals surface area contributed by atoms with Gasteiger partial charge in [0.1, 0.15) is 11.5 Å². The number of ether oxygens (including phenoxy) is 2. The van der Waals surface area contributed by atoms with Gasteiger partial charge in [-0.2, -0.15) is 0 Å². The number of benzene rings is 3. The van der Waals surface area contributed by atoms with Gasteiger partial charge in [0.15, 0.2) is 6.61 Å². The van der Waals surface area contributed by atoms with E-state index in [1.807, 2.05) is 72.8 Å². The molecule has 0 heterocycles. The van der Waals surface area contributed by atoms with Crippen molar-refractivity contribution in [3.63, 3.8) is 0 Å². The zero-order valence-electron chi connectivity index (χ0n) is 14.1. The Balaban J connectivity index is 1.70. The molecule has 0 unspecified atom stereocenters. The second-order valence-electron chi connectivity index (χ2n) is 5.59. The summed E-state index contributed by atoms with van der Waals surface area (Å²) in [6.45, 7) is 1.93. The van der Waals surface area contributed by atoms with Gasteiger partial charge in [-0.15, -0.1) is 0 Å². The van der Waals surface area contributed by atoms with Crippen LogP contribution in [0.3, 0.4) is 0 Å². The first-order valence-electron chi connectivity index (χ1n) is 8.33. The van der Waals surface area contributed by atoms with Crippen LogP contribution in [-0.4, -0.2) is 12.6 Å². The third kappa shape index (κ3) is 4.27. The lowest BCUT2D eigenvalue weighted by Crippen LogP contribution is -2.18. The fourth-order valence-electron chi connectivity index (χ4n) is 2.64. The molecule has 25 heavy (non-hydrogen) atoms. The molecule has 3 aromatic carbocycles. The third-order valence-electron chi connectivity index (χ3n) is 3.89. The summed E-state index contributed by atoms with van der Waals surface area (Å²) < 4.78 is 11.2. The maximum atomic E-state index is 12.2. The SMILES string of the molecule is CCc1ccccc1OCC(=O)Oc1ccccc1-c1ccccc1.